The Morgan fingerprint density at radius 3 is 2.29 bits per heavy atom. The summed E-state index contributed by atoms with van der Waals surface area (Å²) in [7, 11) is 0. The lowest BCUT2D eigenvalue weighted by atomic mass is 10.1. The summed E-state index contributed by atoms with van der Waals surface area (Å²) in [6.45, 7) is 2.23. The van der Waals surface area contributed by atoms with E-state index in [9.17, 15) is 9.59 Å². The van der Waals surface area contributed by atoms with Gasteiger partial charge in [0.1, 0.15) is 5.69 Å². The lowest BCUT2D eigenvalue weighted by molar-refractivity contribution is 0.0303. The van der Waals surface area contributed by atoms with E-state index in [0.29, 0.717) is 59.0 Å². The van der Waals surface area contributed by atoms with Crippen molar-refractivity contribution in [1.29, 1.82) is 0 Å². The number of hydrogen-bond donors (Lipinski definition) is 2. The maximum absolute atomic E-state index is 12.6. The van der Waals surface area contributed by atoms with E-state index >= 15 is 0 Å². The minimum atomic E-state index is -0.705. The van der Waals surface area contributed by atoms with Crippen molar-refractivity contribution >= 4 is 46.4 Å². The number of nitrogens with one attached hydrogen (secondary N) is 1. The van der Waals surface area contributed by atoms with Crippen molar-refractivity contribution in [2.45, 2.75) is 0 Å². The summed E-state index contributed by atoms with van der Waals surface area (Å²) in [5, 5.41) is 8.11. The number of anilines is 2. The second-order valence-electron chi connectivity index (χ2n) is 6.88. The highest BCUT2D eigenvalue weighted by atomic mass is 35.5. The van der Waals surface area contributed by atoms with Crippen LogP contribution >= 0.6 is 23.2 Å². The SMILES string of the molecule is NC(=O)c1nn(-c2c(Cl)cccc2Cl)cc1Nc1ccc(C(=O)N2CCOCC2)cc1. The van der Waals surface area contributed by atoms with Crippen LogP contribution in [-0.4, -0.2) is 52.8 Å². The van der Waals surface area contributed by atoms with Crippen molar-refractivity contribution in [3.05, 3.63) is 70.0 Å². The van der Waals surface area contributed by atoms with Crippen LogP contribution in [0.1, 0.15) is 20.8 Å². The molecule has 1 aliphatic rings. The molecule has 2 heterocycles. The van der Waals surface area contributed by atoms with Gasteiger partial charge in [-0.25, -0.2) is 4.68 Å². The number of hydrogen-bond acceptors (Lipinski definition) is 5. The van der Waals surface area contributed by atoms with Crippen molar-refractivity contribution in [3.63, 3.8) is 0 Å². The molecule has 3 aromatic rings. The number of para-hydroxylation sites is 1. The lowest BCUT2D eigenvalue weighted by Crippen LogP contribution is -2.40. The molecule has 10 heteroatoms. The van der Waals surface area contributed by atoms with E-state index in [1.807, 2.05) is 0 Å². The van der Waals surface area contributed by atoms with Gasteiger partial charge in [-0.1, -0.05) is 29.3 Å². The third-order valence-corrected chi connectivity index (χ3v) is 5.43. The number of ether oxygens (including phenoxy) is 1. The van der Waals surface area contributed by atoms with Crippen LogP contribution in [-0.2, 0) is 4.74 Å². The van der Waals surface area contributed by atoms with Crippen molar-refractivity contribution in [2.24, 2.45) is 5.73 Å². The highest BCUT2D eigenvalue weighted by Crippen LogP contribution is 2.30. The standard InChI is InChI=1S/C21H19Cl2N5O3/c22-15-2-1-3-16(23)19(15)28-12-17(18(26-28)20(24)29)25-14-6-4-13(5-7-14)21(30)27-8-10-31-11-9-27/h1-7,12,25H,8-11H2,(H2,24,29). The van der Waals surface area contributed by atoms with Crippen LogP contribution in [0.2, 0.25) is 10.0 Å². The fraction of sp³-hybridized carbons (Fsp3) is 0.190. The molecule has 3 N–H and O–H groups in total. The molecular formula is C21H19Cl2N5O3. The summed E-state index contributed by atoms with van der Waals surface area (Å²) < 4.78 is 6.69. The third kappa shape index (κ3) is 4.51. The number of nitrogens with zero attached hydrogens (tertiary/aromatic N) is 3. The molecule has 8 nitrogen and oxygen atoms in total. The quantitative estimate of drug-likeness (QED) is 0.607. The van der Waals surface area contributed by atoms with E-state index in [2.05, 4.69) is 10.4 Å². The topological polar surface area (TPSA) is 102 Å². The molecule has 1 fully saturated rings. The number of nitrogens with two attached hydrogens (primary N) is 1. The molecule has 0 spiro atoms. The molecule has 0 aliphatic carbocycles. The molecule has 2 amide bonds. The predicted octanol–water partition coefficient (Wildman–Crippen LogP) is 3.49. The Balaban J connectivity index is 1.58. The first-order chi connectivity index (χ1) is 14.9. The number of halogens is 2. The van der Waals surface area contributed by atoms with Gasteiger partial charge in [0.2, 0.25) is 0 Å². The fourth-order valence-electron chi connectivity index (χ4n) is 3.27. The van der Waals surface area contributed by atoms with Crippen molar-refractivity contribution < 1.29 is 14.3 Å². The van der Waals surface area contributed by atoms with Gasteiger partial charge in [0.15, 0.2) is 5.69 Å². The second kappa shape index (κ2) is 8.97. The summed E-state index contributed by atoms with van der Waals surface area (Å²) >= 11 is 12.5. The number of aromatic nitrogens is 2. The number of primary amides is 1. The summed E-state index contributed by atoms with van der Waals surface area (Å²) in [6, 6.07) is 12.0. The molecule has 1 aliphatic heterocycles. The molecule has 160 valence electrons. The Morgan fingerprint density at radius 2 is 1.68 bits per heavy atom. The summed E-state index contributed by atoms with van der Waals surface area (Å²) in [5.74, 6) is -0.752. The van der Waals surface area contributed by atoms with E-state index < -0.39 is 5.91 Å². The average molecular weight is 460 g/mol. The zero-order valence-corrected chi connectivity index (χ0v) is 17.9. The number of benzene rings is 2. The predicted molar refractivity (Wildman–Crippen MR) is 119 cm³/mol. The zero-order valence-electron chi connectivity index (χ0n) is 16.3. The van der Waals surface area contributed by atoms with Gasteiger partial charge in [0.25, 0.3) is 11.8 Å². The molecule has 4 rings (SSSR count). The molecule has 0 atom stereocenters. The van der Waals surface area contributed by atoms with E-state index in [0.717, 1.165) is 0 Å². The minimum absolute atomic E-state index is 0.0319. The zero-order chi connectivity index (χ0) is 22.0. The van der Waals surface area contributed by atoms with Crippen LogP contribution in [0.3, 0.4) is 0 Å². The highest BCUT2D eigenvalue weighted by Gasteiger charge is 2.20. The Hall–Kier alpha value is -3.07. The first kappa shape index (κ1) is 21.2. The van der Waals surface area contributed by atoms with Crippen LogP contribution < -0.4 is 11.1 Å². The minimum Gasteiger partial charge on any atom is -0.378 e. The Kier molecular flexibility index (Phi) is 6.13. The van der Waals surface area contributed by atoms with Gasteiger partial charge in [-0.2, -0.15) is 5.10 Å². The molecule has 0 unspecified atom stereocenters. The normalized spacial score (nSPS) is 13.8. The highest BCUT2D eigenvalue weighted by molar-refractivity contribution is 6.37. The van der Waals surface area contributed by atoms with Gasteiger partial charge in [-0.3, -0.25) is 9.59 Å². The van der Waals surface area contributed by atoms with E-state index in [-0.39, 0.29) is 11.6 Å². The number of carbonyl (C=O) groups excluding carboxylic acids is 2. The molecule has 31 heavy (non-hydrogen) atoms. The van der Waals surface area contributed by atoms with Crippen LogP contribution in [0.25, 0.3) is 5.69 Å². The van der Waals surface area contributed by atoms with Crippen LogP contribution in [0.4, 0.5) is 11.4 Å². The Bertz CT molecular complexity index is 1100. The molecular weight excluding hydrogens is 441 g/mol. The second-order valence-corrected chi connectivity index (χ2v) is 7.69. The van der Waals surface area contributed by atoms with Gasteiger partial charge in [-0.15, -0.1) is 0 Å². The van der Waals surface area contributed by atoms with Crippen LogP contribution in [0.5, 0.6) is 0 Å². The van der Waals surface area contributed by atoms with E-state index in [4.69, 9.17) is 33.7 Å². The number of amides is 2. The van der Waals surface area contributed by atoms with Crippen molar-refractivity contribution in [2.75, 3.05) is 31.6 Å². The number of morpholine rings is 1. The van der Waals surface area contributed by atoms with Gasteiger partial charge in [0, 0.05) is 24.3 Å². The largest absolute Gasteiger partial charge is 0.378 e. The summed E-state index contributed by atoms with van der Waals surface area (Å²) in [6.07, 6.45) is 1.58. The van der Waals surface area contributed by atoms with Crippen LogP contribution in [0.15, 0.2) is 48.7 Å². The summed E-state index contributed by atoms with van der Waals surface area (Å²) in [4.78, 5) is 26.3. The monoisotopic (exact) mass is 459 g/mol. The average Bonchev–Trinajstić information content (AvgIpc) is 3.18. The smallest absolute Gasteiger partial charge is 0.271 e. The molecule has 2 aromatic carbocycles. The first-order valence-corrected chi connectivity index (χ1v) is 10.3. The maximum Gasteiger partial charge on any atom is 0.271 e. The number of rotatable bonds is 5. The third-order valence-electron chi connectivity index (χ3n) is 4.82. The van der Waals surface area contributed by atoms with Gasteiger partial charge in [0.05, 0.1) is 35.1 Å². The van der Waals surface area contributed by atoms with Crippen molar-refractivity contribution in [3.8, 4) is 5.69 Å². The van der Waals surface area contributed by atoms with E-state index in [1.54, 1.807) is 53.6 Å². The Labute approximate surface area is 188 Å². The van der Waals surface area contributed by atoms with Gasteiger partial charge >= 0.3 is 0 Å². The molecule has 0 bridgehead atoms. The molecule has 1 aromatic heterocycles. The molecule has 0 saturated carbocycles. The van der Waals surface area contributed by atoms with E-state index in [1.165, 1.54) is 4.68 Å². The van der Waals surface area contributed by atoms with Crippen molar-refractivity contribution in [1.82, 2.24) is 14.7 Å². The molecule has 0 radical (unpaired) electrons. The number of carbonyl (C=O) groups is 2. The fourth-order valence-corrected chi connectivity index (χ4v) is 3.84. The summed E-state index contributed by atoms with van der Waals surface area (Å²) in [5.41, 5.74) is 7.58. The maximum atomic E-state index is 12.6. The van der Waals surface area contributed by atoms with Gasteiger partial charge in [-0.05, 0) is 36.4 Å². The lowest BCUT2D eigenvalue weighted by Gasteiger charge is -2.26. The first-order valence-electron chi connectivity index (χ1n) is 9.52. The van der Waals surface area contributed by atoms with Crippen LogP contribution in [0, 0.1) is 0 Å². The Morgan fingerprint density at radius 1 is 1.03 bits per heavy atom. The molecule has 1 saturated heterocycles. The van der Waals surface area contributed by atoms with Gasteiger partial charge < -0.3 is 20.7 Å².